The van der Waals surface area contributed by atoms with Gasteiger partial charge in [0.1, 0.15) is 0 Å². The topological polar surface area (TPSA) is 58.1 Å². The van der Waals surface area contributed by atoms with Gasteiger partial charge in [0.25, 0.3) is 5.91 Å². The van der Waals surface area contributed by atoms with Gasteiger partial charge in [0.15, 0.2) is 11.5 Å². The fourth-order valence-electron chi connectivity index (χ4n) is 2.48. The van der Waals surface area contributed by atoms with Crippen molar-refractivity contribution < 1.29 is 4.79 Å². The van der Waals surface area contributed by atoms with Crippen molar-refractivity contribution in [3.05, 3.63) is 51.6 Å². The molecule has 1 aromatic carbocycles. The third-order valence-corrected chi connectivity index (χ3v) is 4.39. The van der Waals surface area contributed by atoms with Crippen LogP contribution >= 0.6 is 15.9 Å². The third kappa shape index (κ3) is 2.76. The minimum atomic E-state index is -0.221. The molecule has 0 saturated carbocycles. The van der Waals surface area contributed by atoms with Crippen molar-refractivity contribution in [2.75, 3.05) is 18.5 Å². The van der Waals surface area contributed by atoms with Crippen LogP contribution < -0.4 is 10.2 Å². The van der Waals surface area contributed by atoms with Crippen molar-refractivity contribution in [3.8, 4) is 0 Å². The van der Waals surface area contributed by atoms with Crippen molar-refractivity contribution >= 4 is 27.7 Å². The Morgan fingerprint density at radius 3 is 2.86 bits per heavy atom. The molecule has 0 saturated heterocycles. The average Bonchev–Trinajstić information content (AvgIpc) is 2.54. The monoisotopic (exact) mass is 346 g/mol. The van der Waals surface area contributed by atoms with Gasteiger partial charge in [-0.05, 0) is 35.7 Å². The van der Waals surface area contributed by atoms with E-state index in [1.165, 1.54) is 11.1 Å². The Bertz CT molecular complexity index is 672. The zero-order valence-electron chi connectivity index (χ0n) is 11.6. The van der Waals surface area contributed by atoms with Gasteiger partial charge in [-0.15, -0.1) is 10.2 Å². The molecule has 0 radical (unpaired) electrons. The lowest BCUT2D eigenvalue weighted by Crippen LogP contribution is -2.31. The van der Waals surface area contributed by atoms with Crippen molar-refractivity contribution in [1.82, 2.24) is 15.5 Å². The number of hydrogen-bond acceptors (Lipinski definition) is 4. The number of nitrogens with one attached hydrogen (secondary N) is 1. The molecule has 1 aliphatic rings. The SMILES string of the molecule is CNC(=O)c1ccc(N2CCc3cccc(Br)c3C2)nn1. The van der Waals surface area contributed by atoms with Gasteiger partial charge >= 0.3 is 0 Å². The van der Waals surface area contributed by atoms with Crippen molar-refractivity contribution in [1.29, 1.82) is 0 Å². The molecular weight excluding hydrogens is 332 g/mol. The third-order valence-electron chi connectivity index (χ3n) is 3.65. The molecule has 1 aromatic heterocycles. The quantitative estimate of drug-likeness (QED) is 0.905. The fourth-order valence-corrected chi connectivity index (χ4v) is 3.01. The van der Waals surface area contributed by atoms with Gasteiger partial charge in [0.05, 0.1) is 0 Å². The number of hydrogen-bond donors (Lipinski definition) is 1. The maximum Gasteiger partial charge on any atom is 0.271 e. The molecule has 6 heteroatoms. The Balaban J connectivity index is 1.83. The molecule has 1 amide bonds. The summed E-state index contributed by atoms with van der Waals surface area (Å²) in [6, 6.07) is 9.84. The lowest BCUT2D eigenvalue weighted by molar-refractivity contribution is 0.0957. The first-order valence-electron chi connectivity index (χ1n) is 6.76. The minimum Gasteiger partial charge on any atom is -0.354 e. The molecule has 5 nitrogen and oxygen atoms in total. The highest BCUT2D eigenvalue weighted by Gasteiger charge is 2.19. The van der Waals surface area contributed by atoms with Crippen LogP contribution in [-0.2, 0) is 13.0 Å². The zero-order valence-corrected chi connectivity index (χ0v) is 13.2. The van der Waals surface area contributed by atoms with E-state index in [4.69, 9.17) is 0 Å². The zero-order chi connectivity index (χ0) is 14.8. The van der Waals surface area contributed by atoms with E-state index in [1.807, 2.05) is 6.07 Å². The number of amides is 1. The lowest BCUT2D eigenvalue weighted by Gasteiger charge is -2.30. The largest absolute Gasteiger partial charge is 0.354 e. The van der Waals surface area contributed by atoms with Crippen LogP contribution in [0.25, 0.3) is 0 Å². The van der Waals surface area contributed by atoms with Gasteiger partial charge in [0, 0.05) is 24.6 Å². The predicted octanol–water partition coefficient (Wildman–Crippen LogP) is 2.16. The van der Waals surface area contributed by atoms with E-state index >= 15 is 0 Å². The Hall–Kier alpha value is -1.95. The molecule has 1 aliphatic heterocycles. The van der Waals surface area contributed by atoms with Crippen LogP contribution in [0, 0.1) is 0 Å². The van der Waals surface area contributed by atoms with Crippen LogP contribution in [-0.4, -0.2) is 29.7 Å². The summed E-state index contributed by atoms with van der Waals surface area (Å²) >= 11 is 3.61. The summed E-state index contributed by atoms with van der Waals surface area (Å²) in [5.74, 6) is 0.574. The van der Waals surface area contributed by atoms with E-state index in [0.29, 0.717) is 5.69 Å². The molecule has 108 valence electrons. The molecule has 0 spiro atoms. The standard InChI is InChI=1S/C15H15BrN4O/c1-17-15(21)13-5-6-14(19-18-13)20-8-7-10-3-2-4-12(16)11(10)9-20/h2-6H,7-9H2,1H3,(H,17,21). The van der Waals surface area contributed by atoms with Gasteiger partial charge in [0.2, 0.25) is 0 Å². The molecule has 2 aromatic rings. The van der Waals surface area contributed by atoms with Crippen molar-refractivity contribution in [2.24, 2.45) is 0 Å². The summed E-state index contributed by atoms with van der Waals surface area (Å²) in [6.07, 6.45) is 0.980. The summed E-state index contributed by atoms with van der Waals surface area (Å²) < 4.78 is 1.12. The van der Waals surface area contributed by atoms with Crippen molar-refractivity contribution in [3.63, 3.8) is 0 Å². The lowest BCUT2D eigenvalue weighted by atomic mass is 10.00. The van der Waals surface area contributed by atoms with Crippen LogP contribution in [0.3, 0.4) is 0 Å². The second-order valence-corrected chi connectivity index (χ2v) is 5.76. The molecule has 3 rings (SSSR count). The van der Waals surface area contributed by atoms with Crippen LogP contribution in [0.1, 0.15) is 21.6 Å². The first kappa shape index (κ1) is 14.0. The molecule has 0 atom stereocenters. The van der Waals surface area contributed by atoms with E-state index < -0.39 is 0 Å². The molecule has 21 heavy (non-hydrogen) atoms. The summed E-state index contributed by atoms with van der Waals surface area (Å²) in [4.78, 5) is 13.7. The van der Waals surface area contributed by atoms with E-state index in [1.54, 1.807) is 13.1 Å². The molecule has 0 bridgehead atoms. The number of rotatable bonds is 2. The summed E-state index contributed by atoms with van der Waals surface area (Å²) in [6.45, 7) is 1.70. The van der Waals surface area contributed by atoms with E-state index in [-0.39, 0.29) is 5.91 Å². The van der Waals surface area contributed by atoms with Gasteiger partial charge in [-0.3, -0.25) is 4.79 Å². The highest BCUT2D eigenvalue weighted by atomic mass is 79.9. The van der Waals surface area contributed by atoms with Crippen LogP contribution in [0.5, 0.6) is 0 Å². The van der Waals surface area contributed by atoms with Crippen molar-refractivity contribution in [2.45, 2.75) is 13.0 Å². The Kier molecular flexibility index (Phi) is 3.88. The summed E-state index contributed by atoms with van der Waals surface area (Å²) in [5, 5.41) is 10.7. The van der Waals surface area contributed by atoms with Crippen LogP contribution in [0.4, 0.5) is 5.82 Å². The number of carbonyl (C=O) groups excluding carboxylic acids is 1. The number of fused-ring (bicyclic) bond motifs is 1. The molecule has 0 aliphatic carbocycles. The van der Waals surface area contributed by atoms with E-state index in [0.717, 1.165) is 29.8 Å². The van der Waals surface area contributed by atoms with Gasteiger partial charge in [-0.25, -0.2) is 0 Å². The number of aromatic nitrogens is 2. The first-order chi connectivity index (χ1) is 10.2. The molecule has 0 unspecified atom stereocenters. The van der Waals surface area contributed by atoms with E-state index in [9.17, 15) is 4.79 Å². The number of benzene rings is 1. The smallest absolute Gasteiger partial charge is 0.271 e. The second kappa shape index (κ2) is 5.81. The van der Waals surface area contributed by atoms with Gasteiger partial charge in [-0.1, -0.05) is 28.1 Å². The van der Waals surface area contributed by atoms with E-state index in [2.05, 4.69) is 54.5 Å². The number of anilines is 1. The Labute approximate surface area is 131 Å². The molecule has 2 heterocycles. The maximum atomic E-state index is 11.5. The van der Waals surface area contributed by atoms with Crippen LogP contribution in [0.15, 0.2) is 34.8 Å². The molecule has 0 fully saturated rings. The van der Waals surface area contributed by atoms with Gasteiger partial charge in [-0.2, -0.15) is 0 Å². The fraction of sp³-hybridized carbons (Fsp3) is 0.267. The predicted molar refractivity (Wildman–Crippen MR) is 84.3 cm³/mol. The average molecular weight is 347 g/mol. The molecular formula is C15H15BrN4O. The normalized spacial score (nSPS) is 13.7. The Morgan fingerprint density at radius 2 is 2.14 bits per heavy atom. The summed E-state index contributed by atoms with van der Waals surface area (Å²) in [5.41, 5.74) is 3.00. The first-order valence-corrected chi connectivity index (χ1v) is 7.55. The maximum absolute atomic E-state index is 11.5. The highest BCUT2D eigenvalue weighted by Crippen LogP contribution is 2.28. The van der Waals surface area contributed by atoms with Crippen LogP contribution in [0.2, 0.25) is 0 Å². The Morgan fingerprint density at radius 1 is 1.29 bits per heavy atom. The van der Waals surface area contributed by atoms with Gasteiger partial charge < -0.3 is 10.2 Å². The molecule has 1 N–H and O–H groups in total. The summed E-state index contributed by atoms with van der Waals surface area (Å²) in [7, 11) is 1.58. The second-order valence-electron chi connectivity index (χ2n) is 4.90. The highest BCUT2D eigenvalue weighted by molar-refractivity contribution is 9.10. The number of carbonyl (C=O) groups is 1. The number of halogens is 1. The number of nitrogens with zero attached hydrogens (tertiary/aromatic N) is 3. The minimum absolute atomic E-state index is 0.221.